The number of aromatic nitrogens is 3. The predicted octanol–water partition coefficient (Wildman–Crippen LogP) is 6.93. The van der Waals surface area contributed by atoms with E-state index >= 15 is 0 Å². The fourth-order valence-electron chi connectivity index (χ4n) is 4.30. The number of anilines is 2. The molecule has 5 aromatic rings. The van der Waals surface area contributed by atoms with Gasteiger partial charge in [0.25, 0.3) is 5.69 Å². The van der Waals surface area contributed by atoms with Gasteiger partial charge in [-0.05, 0) is 65.4 Å². The van der Waals surface area contributed by atoms with Gasteiger partial charge in [0.05, 0.1) is 15.6 Å². The van der Waals surface area contributed by atoms with Gasteiger partial charge < -0.3 is 15.5 Å². The maximum Gasteiger partial charge on any atom is 0.271 e. The zero-order valence-electron chi connectivity index (χ0n) is 23.0. The van der Waals surface area contributed by atoms with E-state index in [1.54, 1.807) is 48.5 Å². The number of hydrogen-bond acceptors (Lipinski definition) is 12. The molecule has 0 spiro atoms. The van der Waals surface area contributed by atoms with Crippen LogP contribution < -0.4 is 5.32 Å². The number of halogens is 1. The van der Waals surface area contributed by atoms with Crippen molar-refractivity contribution in [2.24, 2.45) is 10.2 Å². The number of rotatable bonds is 10. The summed E-state index contributed by atoms with van der Waals surface area (Å²) in [5.41, 5.74) is 0.961. The molecule has 44 heavy (non-hydrogen) atoms. The van der Waals surface area contributed by atoms with E-state index in [1.165, 1.54) is 6.07 Å². The molecule has 0 radical (unpaired) electrons. The number of nitro groups is 1. The molecule has 1 heterocycles. The van der Waals surface area contributed by atoms with Crippen molar-refractivity contribution in [3.05, 3.63) is 99.6 Å². The fraction of sp³-hybridized carbons (Fsp3) is 0.138. The first kappa shape index (κ1) is 30.3. The van der Waals surface area contributed by atoms with Crippen molar-refractivity contribution in [1.29, 1.82) is 0 Å². The van der Waals surface area contributed by atoms with Crippen molar-refractivity contribution < 1.29 is 23.6 Å². The predicted molar refractivity (Wildman–Crippen MR) is 164 cm³/mol. The summed E-state index contributed by atoms with van der Waals surface area (Å²) in [6.07, 6.45) is 0.804. The summed E-state index contributed by atoms with van der Waals surface area (Å²) in [6, 6.07) is 18.2. The van der Waals surface area contributed by atoms with Gasteiger partial charge in [0.1, 0.15) is 22.9 Å². The van der Waals surface area contributed by atoms with Gasteiger partial charge >= 0.3 is 0 Å². The fourth-order valence-corrected chi connectivity index (χ4v) is 5.80. The third-order valence-corrected chi connectivity index (χ3v) is 8.54. The Kier molecular flexibility index (Phi) is 8.64. The Bertz CT molecular complexity index is 2020. The molecule has 5 rings (SSSR count). The average Bonchev–Trinajstić information content (AvgIpc) is 2.97. The molecule has 0 amide bonds. The van der Waals surface area contributed by atoms with E-state index in [-0.39, 0.29) is 56.9 Å². The zero-order chi connectivity index (χ0) is 31.4. The highest BCUT2D eigenvalue weighted by Gasteiger charge is 2.15. The lowest BCUT2D eigenvalue weighted by atomic mass is 10.1. The van der Waals surface area contributed by atoms with Crippen molar-refractivity contribution in [3.63, 3.8) is 0 Å². The molecule has 0 fully saturated rings. The number of sulfone groups is 1. The van der Waals surface area contributed by atoms with Gasteiger partial charge in [0.15, 0.2) is 15.6 Å². The monoisotopic (exact) mass is 633 g/mol. The van der Waals surface area contributed by atoms with Crippen molar-refractivity contribution in [2.45, 2.75) is 24.7 Å². The first-order valence-corrected chi connectivity index (χ1v) is 15.2. The van der Waals surface area contributed by atoms with Gasteiger partial charge in [-0.25, -0.2) is 13.4 Å². The van der Waals surface area contributed by atoms with E-state index in [0.717, 1.165) is 23.8 Å². The van der Waals surface area contributed by atoms with Crippen molar-refractivity contribution in [3.8, 4) is 11.5 Å². The standard InChI is InChI=1S/C29H24ClN7O6S/c1-2-13-44(42,43)21-9-3-17(4-10-21)14-26-32-28(30)34-29(33-26)31-19-7-5-18-6-11-23(27(39)22(18)15-19)35-36-24-16-20(37(40)41)8-12-25(24)38/h3-12,15-16,38-39H,2,13-14H2,1H3,(H,31,32,33,34). The molecular weight excluding hydrogens is 610 g/mol. The molecule has 3 N–H and O–H groups in total. The lowest BCUT2D eigenvalue weighted by Crippen LogP contribution is -2.06. The summed E-state index contributed by atoms with van der Waals surface area (Å²) < 4.78 is 24.6. The summed E-state index contributed by atoms with van der Waals surface area (Å²) in [4.78, 5) is 23.4. The molecule has 1 aromatic heterocycles. The van der Waals surface area contributed by atoms with Crippen LogP contribution in [0.2, 0.25) is 5.28 Å². The van der Waals surface area contributed by atoms with E-state index in [0.29, 0.717) is 28.7 Å². The van der Waals surface area contributed by atoms with E-state index in [2.05, 4.69) is 30.5 Å². The SMILES string of the molecule is CCCS(=O)(=O)c1ccc(Cc2nc(Cl)nc(Nc3ccc4ccc(N=Nc5cc([N+](=O)[O-])ccc5O)c(O)c4c3)n2)cc1. The average molecular weight is 634 g/mol. The minimum atomic E-state index is -3.33. The van der Waals surface area contributed by atoms with Crippen LogP contribution in [0, 0.1) is 10.1 Å². The minimum Gasteiger partial charge on any atom is -0.506 e. The second-order valence-electron chi connectivity index (χ2n) is 9.61. The molecule has 4 aromatic carbocycles. The topological polar surface area (TPSA) is 193 Å². The molecule has 0 atom stereocenters. The van der Waals surface area contributed by atoms with Crippen LogP contribution in [0.4, 0.5) is 28.7 Å². The normalized spacial score (nSPS) is 11.7. The minimum absolute atomic E-state index is 0.0459. The lowest BCUT2D eigenvalue weighted by Gasteiger charge is -2.10. The second-order valence-corrected chi connectivity index (χ2v) is 12.1. The molecule has 0 aliphatic carbocycles. The molecule has 0 bridgehead atoms. The van der Waals surface area contributed by atoms with Gasteiger partial charge in [0.2, 0.25) is 11.2 Å². The van der Waals surface area contributed by atoms with Gasteiger partial charge in [-0.2, -0.15) is 9.97 Å². The molecule has 0 aliphatic rings. The Labute approximate surface area is 256 Å². The molecule has 0 unspecified atom stereocenters. The molecule has 224 valence electrons. The Morgan fingerprint density at radius 3 is 2.39 bits per heavy atom. The highest BCUT2D eigenvalue weighted by molar-refractivity contribution is 7.91. The largest absolute Gasteiger partial charge is 0.506 e. The molecule has 0 aliphatic heterocycles. The highest BCUT2D eigenvalue weighted by Crippen LogP contribution is 2.38. The summed E-state index contributed by atoms with van der Waals surface area (Å²) in [6.45, 7) is 1.81. The zero-order valence-corrected chi connectivity index (χ0v) is 24.6. The molecule has 15 heteroatoms. The third-order valence-electron chi connectivity index (χ3n) is 6.44. The van der Waals surface area contributed by atoms with Crippen LogP contribution >= 0.6 is 11.6 Å². The molecule has 13 nitrogen and oxygen atoms in total. The maximum absolute atomic E-state index is 12.3. The number of nitro benzene ring substituents is 1. The van der Waals surface area contributed by atoms with Gasteiger partial charge in [-0.3, -0.25) is 10.1 Å². The van der Waals surface area contributed by atoms with E-state index in [4.69, 9.17) is 11.6 Å². The lowest BCUT2D eigenvalue weighted by molar-refractivity contribution is -0.384. The van der Waals surface area contributed by atoms with Crippen LogP contribution in [0.1, 0.15) is 24.7 Å². The number of phenols is 2. The Morgan fingerprint density at radius 1 is 0.932 bits per heavy atom. The van der Waals surface area contributed by atoms with Crippen LogP contribution in [-0.4, -0.2) is 44.3 Å². The highest BCUT2D eigenvalue weighted by atomic mass is 35.5. The van der Waals surface area contributed by atoms with Crippen LogP contribution in [-0.2, 0) is 16.3 Å². The molecule has 0 saturated heterocycles. The number of nitrogens with zero attached hydrogens (tertiary/aromatic N) is 6. The summed E-state index contributed by atoms with van der Waals surface area (Å²) >= 11 is 6.17. The first-order chi connectivity index (χ1) is 21.0. The second kappa shape index (κ2) is 12.6. The number of non-ortho nitro benzene ring substituents is 1. The van der Waals surface area contributed by atoms with Crippen LogP contribution in [0.15, 0.2) is 87.9 Å². The number of hydrogen-bond donors (Lipinski definition) is 3. The number of aromatic hydroxyl groups is 2. The molecule has 0 saturated carbocycles. The van der Waals surface area contributed by atoms with E-state index < -0.39 is 14.8 Å². The number of benzene rings is 4. The summed E-state index contributed by atoms with van der Waals surface area (Å²) in [5, 5.41) is 43.9. The summed E-state index contributed by atoms with van der Waals surface area (Å²) in [7, 11) is -3.33. The van der Waals surface area contributed by atoms with Crippen LogP contribution in [0.25, 0.3) is 10.8 Å². The first-order valence-electron chi connectivity index (χ1n) is 13.2. The van der Waals surface area contributed by atoms with Crippen LogP contribution in [0.5, 0.6) is 11.5 Å². The molecular formula is C29H24ClN7O6S. The summed E-state index contributed by atoms with van der Waals surface area (Å²) in [5.74, 6) is 0.0651. The van der Waals surface area contributed by atoms with Crippen LogP contribution in [0.3, 0.4) is 0 Å². The smallest absolute Gasteiger partial charge is 0.271 e. The third kappa shape index (κ3) is 6.88. The number of fused-ring (bicyclic) bond motifs is 1. The number of phenolic OH excluding ortho intramolecular Hbond substituents is 2. The Balaban J connectivity index is 1.37. The number of nitrogens with one attached hydrogen (secondary N) is 1. The van der Waals surface area contributed by atoms with Gasteiger partial charge in [-0.1, -0.05) is 31.2 Å². The number of azo groups is 1. The van der Waals surface area contributed by atoms with E-state index in [9.17, 15) is 28.7 Å². The van der Waals surface area contributed by atoms with Crippen molar-refractivity contribution >= 4 is 60.9 Å². The maximum atomic E-state index is 12.3. The quantitative estimate of drug-likeness (QED) is 0.0824. The van der Waals surface area contributed by atoms with Crippen molar-refractivity contribution in [2.75, 3.05) is 11.1 Å². The van der Waals surface area contributed by atoms with Gasteiger partial charge in [0, 0.05) is 29.6 Å². The Hall–Kier alpha value is -5.21. The van der Waals surface area contributed by atoms with Crippen molar-refractivity contribution in [1.82, 2.24) is 15.0 Å². The van der Waals surface area contributed by atoms with E-state index in [1.807, 2.05) is 6.92 Å². The Morgan fingerprint density at radius 2 is 1.66 bits per heavy atom. The van der Waals surface area contributed by atoms with Gasteiger partial charge in [-0.15, -0.1) is 10.2 Å².